The van der Waals surface area contributed by atoms with Gasteiger partial charge >= 0.3 is 12.0 Å². The first-order valence-corrected chi connectivity index (χ1v) is 9.02. The number of para-hydroxylation sites is 1. The Morgan fingerprint density at radius 2 is 1.93 bits per heavy atom. The first-order valence-electron chi connectivity index (χ1n) is 9.02. The Morgan fingerprint density at radius 3 is 2.71 bits per heavy atom. The lowest BCUT2D eigenvalue weighted by atomic mass is 9.87. The predicted molar refractivity (Wildman–Crippen MR) is 102 cm³/mol. The number of carboxylic acids is 1. The molecule has 3 aromatic rings. The van der Waals surface area contributed by atoms with E-state index in [0.29, 0.717) is 13.0 Å². The van der Waals surface area contributed by atoms with Crippen LogP contribution < -0.4 is 4.90 Å². The van der Waals surface area contributed by atoms with Gasteiger partial charge in [-0.15, -0.1) is 0 Å². The molecular weight excluding hydrogens is 358 g/mol. The molecule has 5 rings (SSSR count). The molecule has 1 fully saturated rings. The van der Waals surface area contributed by atoms with Crippen molar-refractivity contribution in [1.82, 2.24) is 9.88 Å². The first-order chi connectivity index (χ1) is 13.4. The number of fused-ring (bicyclic) bond motifs is 5. The van der Waals surface area contributed by atoms with Gasteiger partial charge in [0.15, 0.2) is 5.54 Å². The molecule has 7 heteroatoms. The van der Waals surface area contributed by atoms with Gasteiger partial charge in [-0.3, -0.25) is 4.79 Å². The second kappa shape index (κ2) is 5.45. The number of nitrogens with one attached hydrogen (secondary N) is 1. The minimum atomic E-state index is -1.15. The van der Waals surface area contributed by atoms with E-state index >= 15 is 0 Å². The van der Waals surface area contributed by atoms with Gasteiger partial charge < -0.3 is 15.0 Å². The molecule has 3 heterocycles. The summed E-state index contributed by atoms with van der Waals surface area (Å²) in [7, 11) is 0. The number of aromatic carboxylic acids is 1. The third kappa shape index (κ3) is 1.95. The average Bonchev–Trinajstić information content (AvgIpc) is 3.16. The summed E-state index contributed by atoms with van der Waals surface area (Å²) in [6.07, 6.45) is 0.650. The number of aromatic nitrogens is 1. The average molecular weight is 375 g/mol. The molecule has 2 aliphatic rings. The number of carboxylic acid groups (broad SMARTS) is 1. The number of amides is 3. The van der Waals surface area contributed by atoms with Crippen molar-refractivity contribution in [3.63, 3.8) is 0 Å². The number of aromatic amines is 1. The number of benzene rings is 2. The zero-order valence-corrected chi connectivity index (χ0v) is 15.1. The van der Waals surface area contributed by atoms with E-state index in [1.165, 1.54) is 18.2 Å². The van der Waals surface area contributed by atoms with Crippen molar-refractivity contribution < 1.29 is 19.5 Å². The second-order valence-corrected chi connectivity index (χ2v) is 7.28. The highest BCUT2D eigenvalue weighted by Crippen LogP contribution is 2.45. The Morgan fingerprint density at radius 1 is 1.14 bits per heavy atom. The minimum Gasteiger partial charge on any atom is -0.478 e. The van der Waals surface area contributed by atoms with Crippen LogP contribution in [0, 0.1) is 0 Å². The fourth-order valence-corrected chi connectivity index (χ4v) is 4.40. The Balaban J connectivity index is 1.67. The highest BCUT2D eigenvalue weighted by Gasteiger charge is 2.59. The van der Waals surface area contributed by atoms with Gasteiger partial charge in [0.1, 0.15) is 0 Å². The normalized spacial score (nSPS) is 21.2. The molecule has 0 bridgehead atoms. The molecule has 28 heavy (non-hydrogen) atoms. The van der Waals surface area contributed by atoms with Crippen molar-refractivity contribution in [1.29, 1.82) is 0 Å². The molecule has 0 radical (unpaired) electrons. The summed E-state index contributed by atoms with van der Waals surface area (Å²) in [5.41, 5.74) is 1.86. The molecule has 0 saturated carbocycles. The Labute approximate surface area is 160 Å². The van der Waals surface area contributed by atoms with Crippen LogP contribution in [-0.4, -0.2) is 39.4 Å². The molecule has 1 atom stereocenters. The van der Waals surface area contributed by atoms with E-state index in [9.17, 15) is 19.5 Å². The lowest BCUT2D eigenvalue weighted by Crippen LogP contribution is -2.49. The molecule has 140 valence electrons. The van der Waals surface area contributed by atoms with Crippen LogP contribution in [0.4, 0.5) is 10.5 Å². The van der Waals surface area contributed by atoms with Gasteiger partial charge in [0.25, 0.3) is 5.91 Å². The van der Waals surface area contributed by atoms with Crippen LogP contribution in [0.15, 0.2) is 48.5 Å². The predicted octanol–water partition coefficient (Wildman–Crippen LogP) is 3.11. The maximum Gasteiger partial charge on any atom is 0.335 e. The second-order valence-electron chi connectivity index (χ2n) is 7.28. The summed E-state index contributed by atoms with van der Waals surface area (Å²) in [5.74, 6) is -1.49. The number of urea groups is 1. The Bertz CT molecular complexity index is 1180. The Kier molecular flexibility index (Phi) is 3.22. The van der Waals surface area contributed by atoms with E-state index in [1.54, 1.807) is 17.9 Å². The lowest BCUT2D eigenvalue weighted by Gasteiger charge is -2.35. The van der Waals surface area contributed by atoms with Gasteiger partial charge in [-0.05, 0) is 43.2 Å². The number of nitrogens with zero attached hydrogens (tertiary/aromatic N) is 2. The minimum absolute atomic E-state index is 0.0272. The fraction of sp³-hybridized carbons (Fsp3) is 0.190. The molecule has 7 nitrogen and oxygen atoms in total. The monoisotopic (exact) mass is 375 g/mol. The number of imide groups is 1. The summed E-state index contributed by atoms with van der Waals surface area (Å²) >= 11 is 0. The van der Waals surface area contributed by atoms with Crippen molar-refractivity contribution in [2.24, 2.45) is 0 Å². The van der Waals surface area contributed by atoms with Gasteiger partial charge in [0.05, 0.1) is 16.9 Å². The third-order valence-electron chi connectivity index (χ3n) is 5.82. The first kappa shape index (κ1) is 16.6. The molecule has 3 amide bonds. The van der Waals surface area contributed by atoms with Crippen LogP contribution in [0.2, 0.25) is 0 Å². The van der Waals surface area contributed by atoms with E-state index < -0.39 is 17.5 Å². The van der Waals surface area contributed by atoms with Crippen LogP contribution in [0.1, 0.15) is 28.5 Å². The molecule has 0 aliphatic carbocycles. The van der Waals surface area contributed by atoms with Crippen LogP contribution in [-0.2, 0) is 16.8 Å². The van der Waals surface area contributed by atoms with E-state index in [0.717, 1.165) is 27.1 Å². The van der Waals surface area contributed by atoms with Crippen LogP contribution in [0.25, 0.3) is 10.9 Å². The van der Waals surface area contributed by atoms with Crippen molar-refractivity contribution in [2.45, 2.75) is 18.9 Å². The number of rotatable bonds is 2. The maximum absolute atomic E-state index is 13.5. The molecule has 0 spiro atoms. The molecular formula is C21H17N3O4. The number of carbonyl (C=O) groups excluding carboxylic acids is 2. The lowest BCUT2D eigenvalue weighted by molar-refractivity contribution is -0.125. The third-order valence-corrected chi connectivity index (χ3v) is 5.82. The fourth-order valence-electron chi connectivity index (χ4n) is 4.40. The number of hydrogen-bond donors (Lipinski definition) is 2. The molecule has 2 N–H and O–H groups in total. The van der Waals surface area contributed by atoms with E-state index in [4.69, 9.17) is 0 Å². The standard InChI is InChI=1S/C21H17N3O4/c1-21-17-15(14-7-2-3-8-16(14)22-17)9-10-23(21)20(28)24(19(21)27)13-6-4-5-12(11-13)18(25)26/h2-8,11,22H,9-10H2,1H3,(H,25,26). The van der Waals surface area contributed by atoms with Crippen LogP contribution in [0.3, 0.4) is 0 Å². The summed E-state index contributed by atoms with van der Waals surface area (Å²) in [5, 5.41) is 10.3. The zero-order valence-electron chi connectivity index (χ0n) is 15.1. The summed E-state index contributed by atoms with van der Waals surface area (Å²) in [6.45, 7) is 2.17. The van der Waals surface area contributed by atoms with Gasteiger partial charge in [0, 0.05) is 17.4 Å². The van der Waals surface area contributed by atoms with Gasteiger partial charge in [0.2, 0.25) is 0 Å². The molecule has 1 saturated heterocycles. The SMILES string of the molecule is CC12C(=O)N(c3cccc(C(=O)O)c3)C(=O)N1CCc1c2[nH]c2ccccc12. The van der Waals surface area contributed by atoms with E-state index in [1.807, 2.05) is 24.3 Å². The number of hydrogen-bond acceptors (Lipinski definition) is 3. The Hall–Kier alpha value is -3.61. The van der Waals surface area contributed by atoms with Crippen LogP contribution >= 0.6 is 0 Å². The zero-order chi connectivity index (χ0) is 19.6. The van der Waals surface area contributed by atoms with Crippen molar-refractivity contribution >= 4 is 34.5 Å². The molecule has 2 aromatic carbocycles. The van der Waals surface area contributed by atoms with Crippen molar-refractivity contribution in [3.05, 3.63) is 65.4 Å². The van der Waals surface area contributed by atoms with E-state index in [-0.39, 0.29) is 17.2 Å². The number of carbonyl (C=O) groups is 3. The topological polar surface area (TPSA) is 93.7 Å². The van der Waals surface area contributed by atoms with Gasteiger partial charge in [-0.2, -0.15) is 0 Å². The largest absolute Gasteiger partial charge is 0.478 e. The maximum atomic E-state index is 13.5. The van der Waals surface area contributed by atoms with Crippen molar-refractivity contribution in [2.75, 3.05) is 11.4 Å². The van der Waals surface area contributed by atoms with Crippen molar-refractivity contribution in [3.8, 4) is 0 Å². The van der Waals surface area contributed by atoms with Gasteiger partial charge in [-0.25, -0.2) is 14.5 Å². The molecule has 1 unspecified atom stereocenters. The highest BCUT2D eigenvalue weighted by molar-refractivity contribution is 6.23. The summed E-state index contributed by atoms with van der Waals surface area (Å²) in [6, 6.07) is 13.3. The quantitative estimate of drug-likeness (QED) is 0.673. The molecule has 2 aliphatic heterocycles. The number of H-pyrrole nitrogens is 1. The smallest absolute Gasteiger partial charge is 0.335 e. The van der Waals surface area contributed by atoms with E-state index in [2.05, 4.69) is 4.98 Å². The highest BCUT2D eigenvalue weighted by atomic mass is 16.4. The van der Waals surface area contributed by atoms with Crippen LogP contribution in [0.5, 0.6) is 0 Å². The van der Waals surface area contributed by atoms with Gasteiger partial charge in [-0.1, -0.05) is 24.3 Å². The molecule has 1 aromatic heterocycles. The summed E-state index contributed by atoms with van der Waals surface area (Å²) < 4.78 is 0. The number of anilines is 1. The summed E-state index contributed by atoms with van der Waals surface area (Å²) in [4.78, 5) is 43.9.